The average molecular weight is 755 g/mol. The van der Waals surface area contributed by atoms with Crippen LogP contribution in [-0.4, -0.2) is 3.21 Å². The quantitative estimate of drug-likeness (QED) is 0.184. The molecule has 0 amide bonds. The van der Waals surface area contributed by atoms with E-state index in [1.165, 1.54) is 82.0 Å². The Morgan fingerprint density at radius 2 is 1.26 bits per heavy atom. The van der Waals surface area contributed by atoms with Crippen LogP contribution in [0.1, 0.15) is 70.2 Å². The number of hydrogen-bond donors (Lipinski definition) is 0. The topological polar surface area (TPSA) is 0 Å². The number of allylic oxidation sites excluding steroid dienone is 4. The maximum atomic E-state index is 6.09. The van der Waals surface area contributed by atoms with Crippen molar-refractivity contribution in [1.82, 2.24) is 0 Å². The van der Waals surface area contributed by atoms with Crippen molar-refractivity contribution in [2.75, 3.05) is 0 Å². The maximum absolute atomic E-state index is 6.09. The zero-order chi connectivity index (χ0) is 32.2. The molecule has 0 aliphatic heterocycles. The summed E-state index contributed by atoms with van der Waals surface area (Å²) in [4.78, 5) is 0. The van der Waals surface area contributed by atoms with Crippen molar-refractivity contribution in [3.05, 3.63) is 161 Å². The molecule has 0 saturated heterocycles. The predicted octanol–water partition coefficient (Wildman–Crippen LogP) is 6.23. The van der Waals surface area contributed by atoms with E-state index in [-0.39, 0.29) is 35.6 Å². The van der Waals surface area contributed by atoms with Gasteiger partial charge in [-0.25, -0.2) is 12.2 Å². The van der Waals surface area contributed by atoms with Crippen molar-refractivity contribution in [1.29, 1.82) is 0 Å². The monoisotopic (exact) mass is 752 g/mol. The van der Waals surface area contributed by atoms with Crippen LogP contribution in [0.4, 0.5) is 0 Å². The predicted molar refractivity (Wildman–Crippen MR) is 195 cm³/mol. The molecule has 0 heterocycles. The second kappa shape index (κ2) is 16.6. The summed E-state index contributed by atoms with van der Waals surface area (Å²) in [6.45, 7) is 13.7. The molecule has 0 nitrogen and oxygen atoms in total. The Balaban J connectivity index is 0.000000215. The van der Waals surface area contributed by atoms with Gasteiger partial charge in [-0.3, -0.25) is 6.08 Å². The first kappa shape index (κ1) is 38.8. The van der Waals surface area contributed by atoms with Crippen molar-refractivity contribution >= 4 is 47.1 Å². The van der Waals surface area contributed by atoms with Gasteiger partial charge in [0.25, 0.3) is 0 Å². The number of fused-ring (bicyclic) bond motifs is 4. The summed E-state index contributed by atoms with van der Waals surface area (Å²) in [5.74, 6) is 0. The van der Waals surface area contributed by atoms with Crippen LogP contribution >= 0.6 is 11.6 Å². The van der Waals surface area contributed by atoms with Gasteiger partial charge in [0.15, 0.2) is 0 Å². The molecule has 0 N–H and O–H groups in total. The first-order chi connectivity index (χ1) is 21.4. The van der Waals surface area contributed by atoms with E-state index in [0.717, 1.165) is 11.4 Å². The summed E-state index contributed by atoms with van der Waals surface area (Å²) in [5.41, 5.74) is 5.71. The van der Waals surface area contributed by atoms with Gasteiger partial charge in [-0.15, -0.1) is 46.2 Å². The standard InChI is InChI=1S/C21H25.C17H11Cl.C5H5.2ClH.Zr/c1-20(2,3)16-9-7-14-11-15-8-10-17(21(4,5)6)13-19(15)18(14)12-16;18-16-9-3-5-13(12-16)11-15-8-4-7-14-6-1-2-10-17(14)15;1-2-4-5-3-1;;;/h7-13H,1-6H3;1-10,12H;1-3H,4H2;2*1H;/q-1;;-1;;;+2/p-2. The van der Waals surface area contributed by atoms with Gasteiger partial charge in [-0.2, -0.15) is 6.08 Å². The molecule has 0 aromatic heterocycles. The molecule has 240 valence electrons. The molecule has 47 heavy (non-hydrogen) atoms. The Bertz CT molecular complexity index is 1950. The molecule has 0 bridgehead atoms. The largest absolute Gasteiger partial charge is 1.00 e. The smallest absolute Gasteiger partial charge is 0.109 e. The van der Waals surface area contributed by atoms with E-state index in [1.54, 1.807) is 0 Å². The summed E-state index contributed by atoms with van der Waals surface area (Å²) >= 11 is 7.49. The molecule has 1 aliphatic rings. The maximum Gasteiger partial charge on any atom is -0.109 e. The molecule has 0 atom stereocenters. The van der Waals surface area contributed by atoms with Crippen LogP contribution in [0.15, 0.2) is 127 Å². The molecule has 0 saturated carbocycles. The van der Waals surface area contributed by atoms with E-state index in [9.17, 15) is 0 Å². The van der Waals surface area contributed by atoms with Gasteiger partial charge in [0.05, 0.1) is 0 Å². The van der Waals surface area contributed by atoms with Gasteiger partial charge < -0.3 is 24.8 Å². The van der Waals surface area contributed by atoms with Crippen LogP contribution in [0.5, 0.6) is 0 Å². The minimum atomic E-state index is 0. The van der Waals surface area contributed by atoms with Gasteiger partial charge >= 0.3 is 133 Å². The van der Waals surface area contributed by atoms with Crippen molar-refractivity contribution < 1.29 is 49.0 Å². The number of hydrogen-bond acceptors (Lipinski definition) is 0. The fourth-order valence-electron chi connectivity index (χ4n) is 5.51. The molecule has 0 fully saturated rings. The van der Waals surface area contributed by atoms with Crippen LogP contribution in [0.25, 0.3) is 32.3 Å². The Morgan fingerprint density at radius 3 is 1.77 bits per heavy atom. The van der Waals surface area contributed by atoms with Crippen LogP contribution in [-0.2, 0) is 35.1 Å². The van der Waals surface area contributed by atoms with Gasteiger partial charge in [-0.1, -0.05) is 76.9 Å². The third-order valence-corrected chi connectivity index (χ3v) is 9.80. The number of halogens is 3. The molecule has 0 radical (unpaired) electrons. The third kappa shape index (κ3) is 9.71. The van der Waals surface area contributed by atoms with E-state index in [1.807, 2.05) is 30.4 Å². The second-order valence-electron chi connectivity index (χ2n) is 13.7. The zero-order valence-electron chi connectivity index (χ0n) is 28.0. The van der Waals surface area contributed by atoms with Crippen LogP contribution in [0.2, 0.25) is 5.02 Å². The molecular weight excluding hydrogens is 714 g/mol. The SMILES string of the molecule is CC(C)(C)c1ccc2[cH-]c3ccc(C(C)(C)C)cc3c2c1.Clc1cccc([C](=[Zr+2])c2cccc3ccccc23)c1.[C-]1=CC=CC1.[Cl-].[Cl-]. The van der Waals surface area contributed by atoms with Gasteiger partial charge in [0.1, 0.15) is 0 Å². The summed E-state index contributed by atoms with van der Waals surface area (Å²) in [6, 6.07) is 39.2. The van der Waals surface area contributed by atoms with Crippen molar-refractivity contribution in [2.45, 2.75) is 58.8 Å². The molecular formula is C43H41Cl3Zr-2. The first-order valence-electron chi connectivity index (χ1n) is 15.6. The number of rotatable bonds is 2. The molecule has 4 heteroatoms. The Hall–Kier alpha value is -2.67. The molecule has 0 spiro atoms. The van der Waals surface area contributed by atoms with Crippen molar-refractivity contribution in [3.63, 3.8) is 0 Å². The van der Waals surface area contributed by atoms with Crippen LogP contribution < -0.4 is 24.8 Å². The molecule has 6 aromatic rings. The summed E-state index contributed by atoms with van der Waals surface area (Å²) in [6.07, 6.45) is 10.0. The average Bonchev–Trinajstić information content (AvgIpc) is 3.71. The van der Waals surface area contributed by atoms with E-state index in [4.69, 9.17) is 11.6 Å². The summed E-state index contributed by atoms with van der Waals surface area (Å²) in [5, 5.41) is 8.86. The molecule has 7 rings (SSSR count). The molecule has 1 aliphatic carbocycles. The van der Waals surface area contributed by atoms with E-state index in [0.29, 0.717) is 0 Å². The van der Waals surface area contributed by atoms with Gasteiger partial charge in [0, 0.05) is 0 Å². The minimum Gasteiger partial charge on any atom is -1.00 e. The third-order valence-electron chi connectivity index (χ3n) is 8.20. The fraction of sp³-hybridized carbons (Fsp3) is 0.209. The zero-order valence-corrected chi connectivity index (χ0v) is 32.7. The second-order valence-corrected chi connectivity index (χ2v) is 15.3. The van der Waals surface area contributed by atoms with Crippen LogP contribution in [0.3, 0.4) is 0 Å². The summed E-state index contributed by atoms with van der Waals surface area (Å²) in [7, 11) is 0. The van der Waals surface area contributed by atoms with E-state index < -0.39 is 0 Å². The normalized spacial score (nSPS) is 12.1. The van der Waals surface area contributed by atoms with Crippen molar-refractivity contribution in [2.24, 2.45) is 0 Å². The van der Waals surface area contributed by atoms with E-state index >= 15 is 0 Å². The van der Waals surface area contributed by atoms with E-state index in [2.05, 4.69) is 145 Å². The number of benzene rings is 5. The Morgan fingerprint density at radius 1 is 0.681 bits per heavy atom. The Labute approximate surface area is 313 Å². The molecule has 6 aromatic carbocycles. The molecule has 0 unspecified atom stereocenters. The van der Waals surface area contributed by atoms with Gasteiger partial charge in [0.2, 0.25) is 0 Å². The minimum absolute atomic E-state index is 0. The Kier molecular flexibility index (Phi) is 13.7. The van der Waals surface area contributed by atoms with Crippen LogP contribution in [0, 0.1) is 6.08 Å². The summed E-state index contributed by atoms with van der Waals surface area (Å²) < 4.78 is 1.34. The van der Waals surface area contributed by atoms with Gasteiger partial charge in [-0.05, 0) is 10.8 Å². The fourth-order valence-corrected chi connectivity index (χ4v) is 6.62. The van der Waals surface area contributed by atoms with Crippen molar-refractivity contribution in [3.8, 4) is 0 Å². The first-order valence-corrected chi connectivity index (χ1v) is 17.2.